The average molecular weight is 366 g/mol. The highest BCUT2D eigenvalue weighted by atomic mass is 16.2. The number of hydrogen-bond acceptors (Lipinski definition) is 3. The quantitative estimate of drug-likeness (QED) is 0.777. The molecule has 2 aromatic carbocycles. The van der Waals surface area contributed by atoms with Crippen molar-refractivity contribution < 1.29 is 14.4 Å². The highest BCUT2D eigenvalue weighted by Gasteiger charge is 2.31. The first-order valence-electron chi connectivity index (χ1n) is 8.73. The minimum atomic E-state index is -0.370. The number of hydrogen-bond donors (Lipinski definition) is 3. The van der Waals surface area contributed by atoms with E-state index in [1.165, 1.54) is 6.92 Å². The van der Waals surface area contributed by atoms with Crippen LogP contribution in [-0.2, 0) is 9.59 Å². The molecule has 4 amide bonds. The van der Waals surface area contributed by atoms with Crippen LogP contribution in [0.4, 0.5) is 21.9 Å². The molecule has 0 aromatic heterocycles. The Morgan fingerprint density at radius 1 is 0.963 bits per heavy atom. The fraction of sp³-hybridized carbons (Fsp3) is 0.250. The van der Waals surface area contributed by atoms with Crippen molar-refractivity contribution in [2.45, 2.75) is 26.3 Å². The molecule has 140 valence electrons. The van der Waals surface area contributed by atoms with Crippen LogP contribution in [0.5, 0.6) is 0 Å². The Hall–Kier alpha value is -3.35. The van der Waals surface area contributed by atoms with Crippen LogP contribution in [0.3, 0.4) is 0 Å². The molecule has 0 unspecified atom stereocenters. The van der Waals surface area contributed by atoms with Crippen molar-refractivity contribution in [3.05, 3.63) is 54.1 Å². The van der Waals surface area contributed by atoms with Crippen molar-refractivity contribution in [2.24, 2.45) is 0 Å². The number of carbonyl (C=O) groups is 3. The first kappa shape index (κ1) is 18.4. The third-order valence-electron chi connectivity index (χ3n) is 4.27. The Labute approximate surface area is 157 Å². The molecule has 27 heavy (non-hydrogen) atoms. The summed E-state index contributed by atoms with van der Waals surface area (Å²) >= 11 is 0. The van der Waals surface area contributed by atoms with Crippen LogP contribution in [0.15, 0.2) is 48.5 Å². The Morgan fingerprint density at radius 2 is 1.56 bits per heavy atom. The van der Waals surface area contributed by atoms with Gasteiger partial charge in [0.2, 0.25) is 11.8 Å². The fourth-order valence-electron chi connectivity index (χ4n) is 2.97. The molecule has 0 radical (unpaired) electrons. The van der Waals surface area contributed by atoms with E-state index in [-0.39, 0.29) is 30.3 Å². The molecule has 0 saturated carbocycles. The lowest BCUT2D eigenvalue weighted by Crippen LogP contribution is -2.39. The highest BCUT2D eigenvalue weighted by molar-refractivity contribution is 5.97. The molecular formula is C20H22N4O3. The monoisotopic (exact) mass is 366 g/mol. The SMILES string of the molecule is CC(=O)Nc1ccc(NC(=O)N[C@H]2CC(=O)N(c3ccc(C)cc3)C2)cc1. The van der Waals surface area contributed by atoms with Crippen molar-refractivity contribution in [3.8, 4) is 0 Å². The molecule has 1 fully saturated rings. The van der Waals surface area contributed by atoms with Gasteiger partial charge in [-0.05, 0) is 43.3 Å². The molecule has 1 atom stereocenters. The molecule has 0 spiro atoms. The van der Waals surface area contributed by atoms with Gasteiger partial charge in [-0.15, -0.1) is 0 Å². The normalized spacial score (nSPS) is 16.1. The zero-order valence-corrected chi connectivity index (χ0v) is 15.3. The zero-order chi connectivity index (χ0) is 19.4. The van der Waals surface area contributed by atoms with Crippen LogP contribution in [0, 0.1) is 6.92 Å². The van der Waals surface area contributed by atoms with E-state index >= 15 is 0 Å². The predicted octanol–water partition coefficient (Wildman–Crippen LogP) is 2.88. The largest absolute Gasteiger partial charge is 0.333 e. The topological polar surface area (TPSA) is 90.5 Å². The maximum absolute atomic E-state index is 12.3. The smallest absolute Gasteiger partial charge is 0.319 e. The maximum Gasteiger partial charge on any atom is 0.319 e. The Morgan fingerprint density at radius 3 is 2.15 bits per heavy atom. The fourth-order valence-corrected chi connectivity index (χ4v) is 2.97. The van der Waals surface area contributed by atoms with E-state index in [4.69, 9.17) is 0 Å². The lowest BCUT2D eigenvalue weighted by atomic mass is 10.2. The molecule has 3 N–H and O–H groups in total. The molecule has 1 aliphatic heterocycles. The van der Waals surface area contributed by atoms with Crippen LogP contribution in [0.2, 0.25) is 0 Å². The van der Waals surface area contributed by atoms with Crippen molar-refractivity contribution in [2.75, 3.05) is 22.1 Å². The zero-order valence-electron chi connectivity index (χ0n) is 15.3. The van der Waals surface area contributed by atoms with Gasteiger partial charge < -0.3 is 20.9 Å². The van der Waals surface area contributed by atoms with E-state index in [1.54, 1.807) is 29.2 Å². The summed E-state index contributed by atoms with van der Waals surface area (Å²) in [6.45, 7) is 3.87. The van der Waals surface area contributed by atoms with Gasteiger partial charge in [0.1, 0.15) is 0 Å². The number of benzene rings is 2. The van der Waals surface area contributed by atoms with Gasteiger partial charge in [-0.2, -0.15) is 0 Å². The van der Waals surface area contributed by atoms with Crippen molar-refractivity contribution in [3.63, 3.8) is 0 Å². The van der Waals surface area contributed by atoms with E-state index in [1.807, 2.05) is 31.2 Å². The maximum atomic E-state index is 12.3. The second-order valence-corrected chi connectivity index (χ2v) is 6.60. The van der Waals surface area contributed by atoms with Crippen LogP contribution in [0.25, 0.3) is 0 Å². The molecule has 1 heterocycles. The lowest BCUT2D eigenvalue weighted by molar-refractivity contribution is -0.117. The predicted molar refractivity (Wildman–Crippen MR) is 105 cm³/mol. The van der Waals surface area contributed by atoms with E-state index < -0.39 is 0 Å². The van der Waals surface area contributed by atoms with E-state index in [0.717, 1.165) is 11.3 Å². The van der Waals surface area contributed by atoms with Gasteiger partial charge in [-0.3, -0.25) is 9.59 Å². The summed E-state index contributed by atoms with van der Waals surface area (Å²) in [7, 11) is 0. The average Bonchev–Trinajstić information content (AvgIpc) is 2.97. The number of aryl methyl sites for hydroxylation is 1. The Bertz CT molecular complexity index is 847. The summed E-state index contributed by atoms with van der Waals surface area (Å²) in [6, 6.07) is 13.9. The van der Waals surface area contributed by atoms with Gasteiger partial charge in [-0.25, -0.2) is 4.79 Å². The number of nitrogens with one attached hydrogen (secondary N) is 3. The van der Waals surface area contributed by atoms with Gasteiger partial charge in [0.05, 0.1) is 6.04 Å². The molecule has 0 aliphatic carbocycles. The number of carbonyl (C=O) groups excluding carboxylic acids is 3. The van der Waals surface area contributed by atoms with E-state index in [2.05, 4.69) is 16.0 Å². The highest BCUT2D eigenvalue weighted by Crippen LogP contribution is 2.22. The van der Waals surface area contributed by atoms with Gasteiger partial charge in [0.15, 0.2) is 0 Å². The number of urea groups is 1. The van der Waals surface area contributed by atoms with Gasteiger partial charge in [0, 0.05) is 37.0 Å². The number of nitrogens with zero attached hydrogens (tertiary/aromatic N) is 1. The third kappa shape index (κ3) is 4.84. The van der Waals surface area contributed by atoms with Crippen LogP contribution in [0.1, 0.15) is 18.9 Å². The van der Waals surface area contributed by atoms with Crippen molar-refractivity contribution in [1.29, 1.82) is 0 Å². The molecule has 1 aliphatic rings. The second kappa shape index (κ2) is 7.90. The summed E-state index contributed by atoms with van der Waals surface area (Å²) < 4.78 is 0. The first-order chi connectivity index (χ1) is 12.9. The van der Waals surface area contributed by atoms with Crippen LogP contribution >= 0.6 is 0 Å². The number of amides is 4. The summed E-state index contributed by atoms with van der Waals surface area (Å²) in [5.41, 5.74) is 3.22. The molecule has 7 nitrogen and oxygen atoms in total. The van der Waals surface area contributed by atoms with Crippen molar-refractivity contribution in [1.82, 2.24) is 5.32 Å². The standard InChI is InChI=1S/C20H22N4O3/c1-13-3-9-18(10-4-13)24-12-17(11-19(24)26)23-20(27)22-16-7-5-15(6-8-16)21-14(2)25/h3-10,17H,11-12H2,1-2H3,(H,21,25)(H2,22,23,27)/t17-/m0/s1. The summed E-state index contributed by atoms with van der Waals surface area (Å²) in [5.74, 6) is -0.165. The van der Waals surface area contributed by atoms with Crippen molar-refractivity contribution >= 4 is 34.9 Å². The summed E-state index contributed by atoms with van der Waals surface area (Å²) in [4.78, 5) is 37.2. The molecule has 2 aromatic rings. The van der Waals surface area contributed by atoms with E-state index in [9.17, 15) is 14.4 Å². The molecule has 7 heteroatoms. The molecule has 1 saturated heterocycles. The second-order valence-electron chi connectivity index (χ2n) is 6.60. The Kier molecular flexibility index (Phi) is 5.40. The van der Waals surface area contributed by atoms with Gasteiger partial charge in [0.25, 0.3) is 0 Å². The van der Waals surface area contributed by atoms with Gasteiger partial charge >= 0.3 is 6.03 Å². The van der Waals surface area contributed by atoms with Crippen LogP contribution < -0.4 is 20.9 Å². The molecular weight excluding hydrogens is 344 g/mol. The molecule has 3 rings (SSSR count). The number of anilines is 3. The molecule has 0 bridgehead atoms. The minimum Gasteiger partial charge on any atom is -0.333 e. The van der Waals surface area contributed by atoms with E-state index in [0.29, 0.717) is 17.9 Å². The Balaban J connectivity index is 1.54. The summed E-state index contributed by atoms with van der Waals surface area (Å²) in [5, 5.41) is 8.23. The third-order valence-corrected chi connectivity index (χ3v) is 4.27. The first-order valence-corrected chi connectivity index (χ1v) is 8.73. The van der Waals surface area contributed by atoms with Gasteiger partial charge in [-0.1, -0.05) is 17.7 Å². The number of rotatable bonds is 4. The van der Waals surface area contributed by atoms with Crippen LogP contribution in [-0.4, -0.2) is 30.4 Å². The lowest BCUT2D eigenvalue weighted by Gasteiger charge is -2.17. The summed E-state index contributed by atoms with van der Waals surface area (Å²) in [6.07, 6.45) is 0.267. The minimum absolute atomic E-state index is 0.0104.